The van der Waals surface area contributed by atoms with Crippen molar-refractivity contribution < 1.29 is 15.0 Å². The Morgan fingerprint density at radius 3 is 2.44 bits per heavy atom. The quantitative estimate of drug-likeness (QED) is 0.759. The van der Waals surface area contributed by atoms with Gasteiger partial charge < -0.3 is 20.4 Å². The van der Waals surface area contributed by atoms with Gasteiger partial charge in [0.1, 0.15) is 0 Å². The Hall–Kier alpha value is -2.21. The van der Waals surface area contributed by atoms with E-state index in [4.69, 9.17) is 0 Å². The van der Waals surface area contributed by atoms with Crippen LogP contribution in [0.25, 0.3) is 0 Å². The minimum absolute atomic E-state index is 0.113. The van der Waals surface area contributed by atoms with Crippen molar-refractivity contribution in [3.63, 3.8) is 0 Å². The molecule has 3 N–H and O–H groups in total. The molecule has 1 aliphatic rings. The molecule has 27 heavy (non-hydrogen) atoms. The third-order valence-electron chi connectivity index (χ3n) is 5.29. The summed E-state index contributed by atoms with van der Waals surface area (Å²) in [6.45, 7) is 5.52. The molecule has 1 amide bonds. The number of β-amino-alcohol motifs (C(OH)–C–C–N with tert-alkyl or cyclic N) is 1. The highest BCUT2D eigenvalue weighted by atomic mass is 16.3. The number of carbonyl (C=O) groups is 1. The number of hydrogen-bond acceptors (Lipinski definition) is 4. The number of amides is 1. The number of nitrogens with one attached hydrogen (secondary N) is 1. The minimum Gasteiger partial charge on any atom is -0.387 e. The molecule has 1 aliphatic heterocycles. The molecule has 0 aromatic heterocycles. The summed E-state index contributed by atoms with van der Waals surface area (Å²) in [6.07, 6.45) is 0.719. The Morgan fingerprint density at radius 2 is 1.85 bits per heavy atom. The zero-order valence-corrected chi connectivity index (χ0v) is 16.0. The van der Waals surface area contributed by atoms with E-state index >= 15 is 0 Å². The molecular weight excluding hydrogens is 340 g/mol. The molecule has 1 fully saturated rings. The Balaban J connectivity index is 1.56. The van der Waals surface area contributed by atoms with Gasteiger partial charge in [0.2, 0.25) is 5.91 Å². The fraction of sp³-hybridized carbons (Fsp3) is 0.409. The molecule has 0 bridgehead atoms. The molecule has 5 nitrogen and oxygen atoms in total. The van der Waals surface area contributed by atoms with Crippen LogP contribution in [-0.2, 0) is 10.4 Å². The number of benzene rings is 2. The van der Waals surface area contributed by atoms with Crippen LogP contribution in [0.1, 0.15) is 42.6 Å². The summed E-state index contributed by atoms with van der Waals surface area (Å²) in [5, 5.41) is 24.3. The molecule has 144 valence electrons. The lowest BCUT2D eigenvalue weighted by molar-refractivity contribution is -0.114. The molecule has 3 rings (SSSR count). The van der Waals surface area contributed by atoms with Crippen LogP contribution < -0.4 is 5.32 Å². The first-order valence-corrected chi connectivity index (χ1v) is 9.43. The van der Waals surface area contributed by atoms with Crippen LogP contribution in [0.5, 0.6) is 0 Å². The normalized spacial score (nSPS) is 18.1. The molecule has 2 aromatic carbocycles. The smallest absolute Gasteiger partial charge is 0.221 e. The number of likely N-dealkylation sites (tertiary alicyclic amines) is 1. The molecule has 1 unspecified atom stereocenters. The predicted molar refractivity (Wildman–Crippen MR) is 106 cm³/mol. The van der Waals surface area contributed by atoms with Crippen molar-refractivity contribution in [2.75, 3.05) is 25.0 Å². The zero-order chi connectivity index (χ0) is 19.4. The van der Waals surface area contributed by atoms with Gasteiger partial charge in [-0.2, -0.15) is 0 Å². The molecule has 0 spiro atoms. The van der Waals surface area contributed by atoms with Crippen LogP contribution >= 0.6 is 0 Å². The number of rotatable bonds is 5. The highest BCUT2D eigenvalue weighted by Gasteiger charge is 2.34. The Morgan fingerprint density at radius 1 is 1.19 bits per heavy atom. The van der Waals surface area contributed by atoms with Crippen molar-refractivity contribution in [2.24, 2.45) is 0 Å². The Labute approximate surface area is 160 Å². The predicted octanol–water partition coefficient (Wildman–Crippen LogP) is 2.97. The van der Waals surface area contributed by atoms with Gasteiger partial charge in [-0.25, -0.2) is 0 Å². The van der Waals surface area contributed by atoms with Gasteiger partial charge in [-0.3, -0.25) is 4.79 Å². The SMILES string of the molecule is CC(=O)Nc1ccc(C(O)CN2CCC(O)(c3cccc(C)c3)CC2)cc1. The van der Waals surface area contributed by atoms with Gasteiger partial charge in [0, 0.05) is 32.2 Å². The van der Waals surface area contributed by atoms with E-state index in [0.29, 0.717) is 19.4 Å². The maximum atomic E-state index is 11.1. The van der Waals surface area contributed by atoms with E-state index in [-0.39, 0.29) is 5.91 Å². The van der Waals surface area contributed by atoms with Crippen LogP contribution in [0.2, 0.25) is 0 Å². The number of piperidine rings is 1. The minimum atomic E-state index is -0.784. The monoisotopic (exact) mass is 368 g/mol. The lowest BCUT2D eigenvalue weighted by atomic mass is 9.84. The number of carbonyl (C=O) groups excluding carboxylic acids is 1. The second-order valence-corrected chi connectivity index (χ2v) is 7.52. The van der Waals surface area contributed by atoms with Crippen molar-refractivity contribution in [3.05, 3.63) is 65.2 Å². The van der Waals surface area contributed by atoms with Crippen LogP contribution in [0.15, 0.2) is 48.5 Å². The number of aliphatic hydroxyl groups excluding tert-OH is 1. The maximum Gasteiger partial charge on any atom is 0.221 e. The first-order valence-electron chi connectivity index (χ1n) is 9.43. The van der Waals surface area contributed by atoms with Gasteiger partial charge in [0.05, 0.1) is 11.7 Å². The number of hydrogen-bond donors (Lipinski definition) is 3. The molecule has 1 heterocycles. The summed E-state index contributed by atoms with van der Waals surface area (Å²) in [4.78, 5) is 13.3. The fourth-order valence-electron chi connectivity index (χ4n) is 3.67. The van der Waals surface area contributed by atoms with E-state index in [1.807, 2.05) is 37.3 Å². The van der Waals surface area contributed by atoms with Crippen LogP contribution in [0.3, 0.4) is 0 Å². The van der Waals surface area contributed by atoms with Gasteiger partial charge >= 0.3 is 0 Å². The molecule has 5 heteroatoms. The van der Waals surface area contributed by atoms with Gasteiger partial charge in [0.15, 0.2) is 0 Å². The summed E-state index contributed by atoms with van der Waals surface area (Å²) in [7, 11) is 0. The van der Waals surface area contributed by atoms with Gasteiger partial charge in [0.25, 0.3) is 0 Å². The maximum absolute atomic E-state index is 11.1. The Kier molecular flexibility index (Phi) is 5.95. The number of aliphatic hydroxyl groups is 2. The van der Waals surface area contributed by atoms with Crippen molar-refractivity contribution >= 4 is 11.6 Å². The fourth-order valence-corrected chi connectivity index (χ4v) is 3.67. The van der Waals surface area contributed by atoms with Crippen LogP contribution in [0.4, 0.5) is 5.69 Å². The average molecular weight is 368 g/mol. The van der Waals surface area contributed by atoms with E-state index in [1.165, 1.54) is 6.92 Å². The first-order chi connectivity index (χ1) is 12.9. The highest BCUT2D eigenvalue weighted by Crippen LogP contribution is 2.33. The topological polar surface area (TPSA) is 72.8 Å². The molecule has 1 atom stereocenters. The average Bonchev–Trinajstić information content (AvgIpc) is 2.64. The zero-order valence-electron chi connectivity index (χ0n) is 16.0. The number of anilines is 1. The van der Waals surface area contributed by atoms with E-state index < -0.39 is 11.7 Å². The van der Waals surface area contributed by atoms with Crippen molar-refractivity contribution in [1.82, 2.24) is 4.90 Å². The Bertz CT molecular complexity index is 780. The molecular formula is C22H28N2O3. The van der Waals surface area contributed by atoms with E-state index in [1.54, 1.807) is 12.1 Å². The van der Waals surface area contributed by atoms with Crippen LogP contribution in [0, 0.1) is 6.92 Å². The van der Waals surface area contributed by atoms with E-state index in [2.05, 4.69) is 16.3 Å². The summed E-state index contributed by atoms with van der Waals surface area (Å²) in [5.74, 6) is -0.113. The molecule has 0 radical (unpaired) electrons. The number of nitrogens with zero attached hydrogens (tertiary/aromatic N) is 1. The summed E-state index contributed by atoms with van der Waals surface area (Å²) < 4.78 is 0. The van der Waals surface area contributed by atoms with Crippen molar-refractivity contribution in [3.8, 4) is 0 Å². The molecule has 0 aliphatic carbocycles. The summed E-state index contributed by atoms with van der Waals surface area (Å²) in [6, 6.07) is 15.3. The lowest BCUT2D eigenvalue weighted by Crippen LogP contribution is -2.44. The molecule has 1 saturated heterocycles. The largest absolute Gasteiger partial charge is 0.387 e. The number of aryl methyl sites for hydroxylation is 1. The lowest BCUT2D eigenvalue weighted by Gasteiger charge is -2.39. The van der Waals surface area contributed by atoms with Gasteiger partial charge in [-0.15, -0.1) is 0 Å². The molecule has 2 aromatic rings. The third kappa shape index (κ3) is 4.95. The van der Waals surface area contributed by atoms with Gasteiger partial charge in [-0.1, -0.05) is 42.0 Å². The second kappa shape index (κ2) is 8.21. The first kappa shape index (κ1) is 19.5. The summed E-state index contributed by atoms with van der Waals surface area (Å²) in [5.41, 5.74) is 2.90. The van der Waals surface area contributed by atoms with Crippen molar-refractivity contribution in [2.45, 2.75) is 38.4 Å². The molecule has 0 saturated carbocycles. The van der Waals surface area contributed by atoms with E-state index in [9.17, 15) is 15.0 Å². The van der Waals surface area contributed by atoms with Crippen LogP contribution in [-0.4, -0.2) is 40.7 Å². The van der Waals surface area contributed by atoms with Gasteiger partial charge in [-0.05, 0) is 43.0 Å². The summed E-state index contributed by atoms with van der Waals surface area (Å²) >= 11 is 0. The van der Waals surface area contributed by atoms with Crippen molar-refractivity contribution in [1.29, 1.82) is 0 Å². The standard InChI is InChI=1S/C22H28N2O3/c1-16-4-3-5-19(14-16)22(27)10-12-24(13-11-22)15-21(26)18-6-8-20(9-7-18)23-17(2)25/h3-9,14,21,26-27H,10-13,15H2,1-2H3,(H,23,25). The van der Waals surface area contributed by atoms with E-state index in [0.717, 1.165) is 35.5 Å². The highest BCUT2D eigenvalue weighted by molar-refractivity contribution is 5.88. The second-order valence-electron chi connectivity index (χ2n) is 7.52. The third-order valence-corrected chi connectivity index (χ3v) is 5.29.